The summed E-state index contributed by atoms with van der Waals surface area (Å²) in [4.78, 5) is 24.2. The second-order valence-corrected chi connectivity index (χ2v) is 7.17. The Hall–Kier alpha value is -2.51. The van der Waals surface area contributed by atoms with Crippen molar-refractivity contribution in [2.24, 2.45) is 7.05 Å². The molecule has 25 heavy (non-hydrogen) atoms. The van der Waals surface area contributed by atoms with Gasteiger partial charge in [0.05, 0.1) is 0 Å². The van der Waals surface area contributed by atoms with E-state index < -0.39 is 5.97 Å². The van der Waals surface area contributed by atoms with Crippen LogP contribution in [0.2, 0.25) is 0 Å². The molecule has 0 atom stereocenters. The van der Waals surface area contributed by atoms with Gasteiger partial charge in [0.2, 0.25) is 0 Å². The average Bonchev–Trinajstić information content (AvgIpc) is 2.99. The van der Waals surface area contributed by atoms with E-state index in [1.165, 1.54) is 11.3 Å². The Morgan fingerprint density at radius 3 is 2.56 bits per heavy atom. The third kappa shape index (κ3) is 3.78. The topological polar surface area (TPSA) is 70.3 Å². The Labute approximate surface area is 156 Å². The van der Waals surface area contributed by atoms with Crippen LogP contribution in [0.25, 0.3) is 11.1 Å². The Kier molecular flexibility index (Phi) is 4.96. The third-order valence-corrected chi connectivity index (χ3v) is 5.01. The number of rotatable bonds is 4. The SMILES string of the molecule is C[n+]1cccc(C(=O)Nc2scc(-c3ccc(Br)cc3)c2C(=O)O)c1. The quantitative estimate of drug-likeness (QED) is 0.631. The third-order valence-electron chi connectivity index (χ3n) is 3.59. The first-order chi connectivity index (χ1) is 12.0. The molecule has 1 aromatic carbocycles. The van der Waals surface area contributed by atoms with Crippen molar-refractivity contribution >= 4 is 44.1 Å². The van der Waals surface area contributed by atoms with Crippen LogP contribution >= 0.6 is 27.3 Å². The maximum Gasteiger partial charge on any atom is 0.339 e. The highest BCUT2D eigenvalue weighted by Crippen LogP contribution is 2.36. The Bertz CT molecular complexity index is 951. The van der Waals surface area contributed by atoms with E-state index in [0.29, 0.717) is 16.1 Å². The largest absolute Gasteiger partial charge is 0.478 e. The van der Waals surface area contributed by atoms with Crippen LogP contribution in [0.3, 0.4) is 0 Å². The molecule has 0 spiro atoms. The monoisotopic (exact) mass is 417 g/mol. The number of aromatic nitrogens is 1. The second kappa shape index (κ2) is 7.16. The molecule has 0 aliphatic heterocycles. The van der Waals surface area contributed by atoms with Crippen LogP contribution in [0.4, 0.5) is 5.00 Å². The van der Waals surface area contributed by atoms with Gasteiger partial charge in [-0.1, -0.05) is 28.1 Å². The lowest BCUT2D eigenvalue weighted by atomic mass is 10.0. The van der Waals surface area contributed by atoms with Crippen LogP contribution in [0, 0.1) is 0 Å². The molecule has 0 saturated heterocycles. The molecule has 0 aliphatic rings. The smallest absolute Gasteiger partial charge is 0.339 e. The number of carbonyl (C=O) groups excluding carboxylic acids is 1. The molecule has 1 amide bonds. The van der Waals surface area contributed by atoms with Gasteiger partial charge in [-0.25, -0.2) is 9.36 Å². The molecule has 7 heteroatoms. The normalized spacial score (nSPS) is 10.5. The first-order valence-electron chi connectivity index (χ1n) is 7.33. The van der Waals surface area contributed by atoms with Gasteiger partial charge in [0.15, 0.2) is 12.4 Å². The first kappa shape index (κ1) is 17.3. The lowest BCUT2D eigenvalue weighted by Crippen LogP contribution is -2.28. The number of hydrogen-bond donors (Lipinski definition) is 2. The summed E-state index contributed by atoms with van der Waals surface area (Å²) in [6.45, 7) is 0. The van der Waals surface area contributed by atoms with Gasteiger partial charge < -0.3 is 10.4 Å². The van der Waals surface area contributed by atoms with Crippen molar-refractivity contribution < 1.29 is 19.3 Å². The zero-order valence-corrected chi connectivity index (χ0v) is 15.6. The zero-order valence-electron chi connectivity index (χ0n) is 13.2. The summed E-state index contributed by atoms with van der Waals surface area (Å²) in [5.41, 5.74) is 1.92. The van der Waals surface area contributed by atoms with Crippen LogP contribution in [-0.2, 0) is 7.05 Å². The van der Waals surface area contributed by atoms with Crippen molar-refractivity contribution in [1.29, 1.82) is 0 Å². The minimum Gasteiger partial charge on any atom is -0.478 e. The number of nitrogens with zero attached hydrogens (tertiary/aromatic N) is 1. The number of amides is 1. The summed E-state index contributed by atoms with van der Waals surface area (Å²) in [6.07, 6.45) is 3.50. The summed E-state index contributed by atoms with van der Waals surface area (Å²) >= 11 is 4.56. The van der Waals surface area contributed by atoms with Crippen LogP contribution in [-0.4, -0.2) is 17.0 Å². The van der Waals surface area contributed by atoms with Crippen LogP contribution in [0.5, 0.6) is 0 Å². The Morgan fingerprint density at radius 1 is 1.20 bits per heavy atom. The number of nitrogens with one attached hydrogen (secondary N) is 1. The first-order valence-corrected chi connectivity index (χ1v) is 9.00. The molecule has 126 valence electrons. The number of pyridine rings is 1. The standard InChI is InChI=1S/C18H13BrN2O3S/c1-21-8-2-3-12(9-21)16(22)20-17-15(18(23)24)14(10-25-17)11-4-6-13(19)7-5-11/h2-10H,1H3,(H-,20,22,23,24)/p+1. The van der Waals surface area contributed by atoms with Gasteiger partial charge in [0.25, 0.3) is 5.91 Å². The fourth-order valence-electron chi connectivity index (χ4n) is 2.40. The molecule has 0 bridgehead atoms. The number of thiophene rings is 1. The highest BCUT2D eigenvalue weighted by Gasteiger charge is 2.22. The average molecular weight is 418 g/mol. The molecule has 5 nitrogen and oxygen atoms in total. The molecule has 2 aromatic heterocycles. The van der Waals surface area contributed by atoms with E-state index in [1.54, 1.807) is 28.3 Å². The van der Waals surface area contributed by atoms with E-state index in [4.69, 9.17) is 0 Å². The molecule has 2 N–H and O–H groups in total. The van der Waals surface area contributed by atoms with Gasteiger partial charge >= 0.3 is 5.97 Å². The van der Waals surface area contributed by atoms with Crippen LogP contribution in [0.15, 0.2) is 58.6 Å². The van der Waals surface area contributed by atoms with Gasteiger partial charge in [-0.05, 0) is 23.8 Å². The van der Waals surface area contributed by atoms with Gasteiger partial charge in [0, 0.05) is 21.5 Å². The fraction of sp³-hybridized carbons (Fsp3) is 0.0556. The molecular weight excluding hydrogens is 404 g/mol. The molecule has 0 saturated carbocycles. The van der Waals surface area contributed by atoms with E-state index in [-0.39, 0.29) is 11.5 Å². The summed E-state index contributed by atoms with van der Waals surface area (Å²) in [6, 6.07) is 10.8. The van der Waals surface area contributed by atoms with Crippen molar-refractivity contribution in [3.8, 4) is 11.1 Å². The minimum atomic E-state index is -1.08. The highest BCUT2D eigenvalue weighted by atomic mass is 79.9. The lowest BCUT2D eigenvalue weighted by Gasteiger charge is -2.06. The fourth-order valence-corrected chi connectivity index (χ4v) is 3.62. The number of carbonyl (C=O) groups is 2. The van der Waals surface area contributed by atoms with Crippen LogP contribution < -0.4 is 9.88 Å². The number of carboxylic acid groups (broad SMARTS) is 1. The van der Waals surface area contributed by atoms with E-state index in [1.807, 2.05) is 37.5 Å². The minimum absolute atomic E-state index is 0.0981. The van der Waals surface area contributed by atoms with Crippen LogP contribution in [0.1, 0.15) is 20.7 Å². The van der Waals surface area contributed by atoms with Crippen molar-refractivity contribution in [2.45, 2.75) is 0 Å². The van der Waals surface area contributed by atoms with Gasteiger partial charge in [-0.15, -0.1) is 11.3 Å². The van der Waals surface area contributed by atoms with Gasteiger partial charge in [0.1, 0.15) is 23.2 Å². The Balaban J connectivity index is 1.96. The number of aromatic carboxylic acids is 1. The maximum atomic E-state index is 12.4. The highest BCUT2D eigenvalue weighted by molar-refractivity contribution is 9.10. The predicted molar refractivity (Wildman–Crippen MR) is 100.0 cm³/mol. The predicted octanol–water partition coefficient (Wildman–Crippen LogP) is 3.95. The number of halogens is 1. The number of benzene rings is 1. The summed E-state index contributed by atoms with van der Waals surface area (Å²) in [5.74, 6) is -1.42. The van der Waals surface area contributed by atoms with Gasteiger partial charge in [-0.2, -0.15) is 0 Å². The molecule has 0 aliphatic carbocycles. The molecular formula is C18H14BrN2O3S+. The molecule has 0 radical (unpaired) electrons. The molecule has 0 fully saturated rings. The van der Waals surface area contributed by atoms with Crippen molar-refractivity contribution in [3.63, 3.8) is 0 Å². The molecule has 0 unspecified atom stereocenters. The summed E-state index contributed by atoms with van der Waals surface area (Å²) in [5, 5.41) is 14.4. The van der Waals surface area contributed by atoms with E-state index in [0.717, 1.165) is 10.0 Å². The number of aryl methyl sites for hydroxylation is 1. The van der Waals surface area contributed by atoms with Crippen molar-refractivity contribution in [3.05, 3.63) is 69.8 Å². The van der Waals surface area contributed by atoms with E-state index >= 15 is 0 Å². The summed E-state index contributed by atoms with van der Waals surface area (Å²) < 4.78 is 2.67. The van der Waals surface area contributed by atoms with Crippen molar-refractivity contribution in [2.75, 3.05) is 5.32 Å². The summed E-state index contributed by atoms with van der Waals surface area (Å²) in [7, 11) is 1.82. The molecule has 3 rings (SSSR count). The van der Waals surface area contributed by atoms with E-state index in [2.05, 4.69) is 21.2 Å². The molecule has 3 aromatic rings. The number of carboxylic acids is 1. The van der Waals surface area contributed by atoms with E-state index in [9.17, 15) is 14.7 Å². The lowest BCUT2D eigenvalue weighted by molar-refractivity contribution is -0.671. The Morgan fingerprint density at radius 2 is 1.92 bits per heavy atom. The molecule has 2 heterocycles. The van der Waals surface area contributed by atoms with Crippen molar-refractivity contribution in [1.82, 2.24) is 0 Å². The number of hydrogen-bond acceptors (Lipinski definition) is 3. The second-order valence-electron chi connectivity index (χ2n) is 5.38. The zero-order chi connectivity index (χ0) is 18.0. The van der Waals surface area contributed by atoms with Gasteiger partial charge in [-0.3, -0.25) is 4.79 Å². The maximum absolute atomic E-state index is 12.4. The number of anilines is 1.